The van der Waals surface area contributed by atoms with E-state index in [0.717, 1.165) is 0 Å². The van der Waals surface area contributed by atoms with Crippen LogP contribution in [0, 0.1) is 5.92 Å². The second-order valence-corrected chi connectivity index (χ2v) is 4.27. The summed E-state index contributed by atoms with van der Waals surface area (Å²) in [5.74, 6) is 1.81. The number of hydrogen-bond donors (Lipinski definition) is 0. The molecule has 0 saturated heterocycles. The first-order valence-electron chi connectivity index (χ1n) is 3.37. The minimum Gasteiger partial charge on any atom is -0.00563 e. The second kappa shape index (κ2) is 1.32. The molecule has 2 aliphatic carbocycles. The Morgan fingerprint density at radius 1 is 1.25 bits per heavy atom. The summed E-state index contributed by atoms with van der Waals surface area (Å²) in [5.41, 5.74) is 0. The smallest absolute Gasteiger partial charge is 0.00563 e. The van der Waals surface area contributed by atoms with Gasteiger partial charge in [0.15, 0.2) is 0 Å². The Morgan fingerprint density at radius 3 is 2.00 bits per heavy atom. The van der Waals surface area contributed by atoms with E-state index < -0.39 is 0 Å². The van der Waals surface area contributed by atoms with Crippen molar-refractivity contribution in [2.24, 2.45) is 0 Å². The van der Waals surface area contributed by atoms with Crippen LogP contribution in [0.4, 0.5) is 0 Å². The molecule has 0 atom stereocenters. The monoisotopic (exact) mass is 122 g/mol. The molecule has 3 radical (unpaired) electrons. The third-order valence-corrected chi connectivity index (χ3v) is 3.18. The Labute approximate surface area is 54.1 Å². The molecule has 2 rings (SSSR count). The summed E-state index contributed by atoms with van der Waals surface area (Å²) in [4.78, 5) is 0. The second-order valence-electron chi connectivity index (χ2n) is 3.21. The molecule has 0 N–H and O–H groups in total. The first-order valence-corrected chi connectivity index (χ1v) is 3.87. The Hall–Kier alpha value is 0.0869. The summed E-state index contributed by atoms with van der Waals surface area (Å²) in [7, 11) is 3.81. The van der Waals surface area contributed by atoms with Crippen molar-refractivity contribution in [3.05, 3.63) is 5.92 Å². The highest BCUT2D eigenvalue weighted by Gasteiger charge is 2.49. The molecular weight excluding hydrogens is 112 g/mol. The largest absolute Gasteiger partial charge is 0.0928 e. The maximum Gasteiger partial charge on any atom is 0.0928 e. The number of fused-ring (bicyclic) bond motifs is 2. The Kier molecular flexibility index (Phi) is 0.814. The zero-order chi connectivity index (χ0) is 5.61. The first kappa shape index (κ1) is 4.92. The van der Waals surface area contributed by atoms with Crippen molar-refractivity contribution in [1.82, 2.24) is 0 Å². The maximum absolute atomic E-state index is 3.81. The van der Waals surface area contributed by atoms with Gasteiger partial charge in [-0.3, -0.25) is 0 Å². The molecule has 0 nitrogen and oxygen atoms in total. The number of hydrogen-bond acceptors (Lipinski definition) is 0. The van der Waals surface area contributed by atoms with Gasteiger partial charge in [0.05, 0.1) is 25.2 Å². The molecule has 0 spiro atoms. The van der Waals surface area contributed by atoms with Gasteiger partial charge in [0.1, 0.15) is 0 Å². The van der Waals surface area contributed by atoms with Crippen molar-refractivity contribution < 1.29 is 0 Å². The lowest BCUT2D eigenvalue weighted by Crippen LogP contribution is -2.03. The van der Waals surface area contributed by atoms with E-state index in [2.05, 4.69) is 10.2 Å². The fraction of sp³-hybridized carbons (Fsp3) is 0.857. The molecule has 2 bridgehead atoms. The fourth-order valence-corrected chi connectivity index (χ4v) is 2.41. The first-order chi connectivity index (χ1) is 3.79. The van der Waals surface area contributed by atoms with Crippen LogP contribution in [0.3, 0.4) is 0 Å². The summed E-state index contributed by atoms with van der Waals surface area (Å²) in [6.45, 7) is 0. The fourth-order valence-electron chi connectivity index (χ4n) is 1.91. The molecule has 8 heavy (non-hydrogen) atoms. The van der Waals surface area contributed by atoms with E-state index in [1.165, 1.54) is 32.1 Å². The van der Waals surface area contributed by atoms with E-state index in [0.29, 0.717) is 5.04 Å². The van der Waals surface area contributed by atoms with Gasteiger partial charge in [0.2, 0.25) is 0 Å². The van der Waals surface area contributed by atoms with Gasteiger partial charge in [-0.15, -0.1) is 0 Å². The molecule has 2 saturated carbocycles. The summed E-state index contributed by atoms with van der Waals surface area (Å²) in [6.07, 6.45) is 7.00. The summed E-state index contributed by atoms with van der Waals surface area (Å²) in [5, 5.41) is 0.579. The van der Waals surface area contributed by atoms with E-state index in [9.17, 15) is 0 Å². The minimum absolute atomic E-state index is 0.579. The molecule has 0 heterocycles. The van der Waals surface area contributed by atoms with Gasteiger partial charge in [-0.05, 0) is 12.8 Å². The predicted octanol–water partition coefficient (Wildman–Crippen LogP) is 1.87. The van der Waals surface area contributed by atoms with E-state index in [1.54, 1.807) is 5.92 Å². The summed E-state index contributed by atoms with van der Waals surface area (Å²) in [6, 6.07) is 0. The van der Waals surface area contributed by atoms with Crippen LogP contribution in [0.5, 0.6) is 0 Å². The third-order valence-electron chi connectivity index (χ3n) is 2.50. The lowest BCUT2D eigenvalue weighted by molar-refractivity contribution is 0.551. The van der Waals surface area contributed by atoms with Gasteiger partial charge >= 0.3 is 0 Å². The van der Waals surface area contributed by atoms with Crippen LogP contribution in [0.25, 0.3) is 0 Å². The third kappa shape index (κ3) is 0.539. The highest BCUT2D eigenvalue weighted by molar-refractivity contribution is 6.16. The van der Waals surface area contributed by atoms with E-state index in [-0.39, 0.29) is 0 Å². The van der Waals surface area contributed by atoms with Crippen molar-refractivity contribution in [1.29, 1.82) is 0 Å². The van der Waals surface area contributed by atoms with Crippen LogP contribution >= 0.6 is 0 Å². The molecule has 0 aromatic heterocycles. The molecule has 2 aliphatic rings. The Morgan fingerprint density at radius 2 is 1.88 bits per heavy atom. The van der Waals surface area contributed by atoms with Gasteiger partial charge < -0.3 is 0 Å². The SMILES string of the molecule is [Si]C12CC[C+](CC1)C2. The quantitative estimate of drug-likeness (QED) is 0.340. The van der Waals surface area contributed by atoms with E-state index >= 15 is 0 Å². The standard InChI is InChI=1S/C7H10Si/c8-7-3-1-6(5-7)2-4-7/h1-5H2/q+1. The Bertz CT molecular complexity index is 101. The average molecular weight is 122 g/mol. The van der Waals surface area contributed by atoms with E-state index in [4.69, 9.17) is 0 Å². The summed E-state index contributed by atoms with van der Waals surface area (Å²) >= 11 is 0. The van der Waals surface area contributed by atoms with Crippen LogP contribution in [-0.2, 0) is 0 Å². The molecular formula is C7H10Si+. The van der Waals surface area contributed by atoms with Gasteiger partial charge in [-0.25, -0.2) is 0 Å². The highest BCUT2D eigenvalue weighted by Crippen LogP contribution is 2.58. The van der Waals surface area contributed by atoms with Crippen LogP contribution in [-0.4, -0.2) is 10.2 Å². The summed E-state index contributed by atoms with van der Waals surface area (Å²) < 4.78 is 0. The van der Waals surface area contributed by atoms with Crippen LogP contribution in [0.2, 0.25) is 5.04 Å². The normalized spacial score (nSPS) is 31.9. The zero-order valence-corrected chi connectivity index (χ0v) is 6.04. The molecule has 41 valence electrons. The molecule has 0 aliphatic heterocycles. The van der Waals surface area contributed by atoms with Crippen molar-refractivity contribution in [2.75, 3.05) is 0 Å². The average Bonchev–Trinajstić information content (AvgIpc) is 2.21. The lowest BCUT2D eigenvalue weighted by atomic mass is 10.0. The Balaban J connectivity index is 2.19. The van der Waals surface area contributed by atoms with Crippen molar-refractivity contribution in [3.8, 4) is 0 Å². The van der Waals surface area contributed by atoms with E-state index in [1.807, 2.05) is 0 Å². The zero-order valence-electron chi connectivity index (χ0n) is 5.04. The molecule has 0 amide bonds. The highest BCUT2D eigenvalue weighted by atomic mass is 28.1. The molecule has 1 heteroatoms. The maximum atomic E-state index is 3.81. The lowest BCUT2D eigenvalue weighted by Gasteiger charge is -2.12. The predicted molar refractivity (Wildman–Crippen MR) is 34.8 cm³/mol. The molecule has 0 aromatic carbocycles. The minimum atomic E-state index is 0.579. The van der Waals surface area contributed by atoms with Gasteiger partial charge in [0, 0.05) is 15.3 Å². The van der Waals surface area contributed by atoms with Crippen LogP contribution in [0.15, 0.2) is 0 Å². The van der Waals surface area contributed by atoms with Crippen LogP contribution < -0.4 is 0 Å². The van der Waals surface area contributed by atoms with Crippen molar-refractivity contribution >= 4 is 10.2 Å². The van der Waals surface area contributed by atoms with Crippen molar-refractivity contribution in [2.45, 2.75) is 37.1 Å². The van der Waals surface area contributed by atoms with Gasteiger partial charge in [-0.1, -0.05) is 0 Å². The number of rotatable bonds is 0. The molecule has 0 unspecified atom stereocenters. The topological polar surface area (TPSA) is 0 Å². The molecule has 2 fully saturated rings. The van der Waals surface area contributed by atoms with Gasteiger partial charge in [-0.2, -0.15) is 0 Å². The van der Waals surface area contributed by atoms with Crippen molar-refractivity contribution in [3.63, 3.8) is 0 Å². The van der Waals surface area contributed by atoms with Gasteiger partial charge in [0.25, 0.3) is 0 Å². The molecule has 0 aromatic rings. The van der Waals surface area contributed by atoms with Crippen LogP contribution in [0.1, 0.15) is 32.1 Å².